The molecule has 0 radical (unpaired) electrons. The second-order valence-electron chi connectivity index (χ2n) is 8.41. The van der Waals surface area contributed by atoms with Crippen molar-refractivity contribution in [3.05, 3.63) is 95.6 Å². The molecule has 2 nitrogen and oxygen atoms in total. The lowest BCUT2D eigenvalue weighted by atomic mass is 9.88. The van der Waals surface area contributed by atoms with E-state index in [4.69, 9.17) is 4.74 Å². The molecule has 0 saturated heterocycles. The van der Waals surface area contributed by atoms with E-state index in [0.717, 1.165) is 34.3 Å². The third-order valence-electron chi connectivity index (χ3n) is 5.77. The molecule has 0 heterocycles. The molecular formula is C29H29F5O2S. The summed E-state index contributed by atoms with van der Waals surface area (Å²) in [5, 5.41) is 9.76. The fourth-order valence-electron chi connectivity index (χ4n) is 3.88. The van der Waals surface area contributed by atoms with Gasteiger partial charge in [-0.2, -0.15) is 33.7 Å². The molecule has 3 rings (SSSR count). The topological polar surface area (TPSA) is 29.5 Å². The zero-order chi connectivity index (χ0) is 26.9. The number of phenolic OH excluding ortho intramolecular Hbond substituents is 1. The average Bonchev–Trinajstić information content (AvgIpc) is 2.88. The highest BCUT2D eigenvalue weighted by molar-refractivity contribution is 7.99. The number of hydrogen-bond acceptors (Lipinski definition) is 3. The number of allylic oxidation sites excluding steroid dienone is 1. The van der Waals surface area contributed by atoms with E-state index in [1.807, 2.05) is 54.6 Å². The number of thioether (sulfide) groups is 1. The fraction of sp³-hybridized carbons (Fsp3) is 0.310. The molecule has 0 unspecified atom stereocenters. The number of alkyl halides is 5. The van der Waals surface area contributed by atoms with Crippen molar-refractivity contribution in [2.75, 3.05) is 18.1 Å². The third-order valence-corrected chi connectivity index (χ3v) is 6.80. The van der Waals surface area contributed by atoms with E-state index < -0.39 is 18.5 Å². The van der Waals surface area contributed by atoms with Crippen molar-refractivity contribution < 1.29 is 31.8 Å². The van der Waals surface area contributed by atoms with E-state index in [1.54, 1.807) is 12.1 Å². The maximum Gasteiger partial charge on any atom is 0.453 e. The molecule has 0 aliphatic rings. The molecule has 1 N–H and O–H groups in total. The molecule has 0 fully saturated rings. The molecule has 0 bridgehead atoms. The highest BCUT2D eigenvalue weighted by Gasteiger charge is 2.56. The average molecular weight is 537 g/mol. The minimum atomic E-state index is -5.50. The van der Waals surface area contributed by atoms with Crippen molar-refractivity contribution in [1.82, 2.24) is 0 Å². The molecule has 0 atom stereocenters. The molecule has 0 aromatic heterocycles. The lowest BCUT2D eigenvalue weighted by Gasteiger charge is -2.19. The van der Waals surface area contributed by atoms with E-state index in [1.165, 1.54) is 11.8 Å². The Morgan fingerprint density at radius 2 is 1.38 bits per heavy atom. The maximum absolute atomic E-state index is 12.9. The second-order valence-corrected chi connectivity index (χ2v) is 9.64. The Bertz CT molecular complexity index is 1140. The summed E-state index contributed by atoms with van der Waals surface area (Å²) in [6.45, 7) is 2.41. The van der Waals surface area contributed by atoms with Gasteiger partial charge in [0.15, 0.2) is 0 Å². The first-order chi connectivity index (χ1) is 17.6. The van der Waals surface area contributed by atoms with Gasteiger partial charge < -0.3 is 9.84 Å². The first-order valence-corrected chi connectivity index (χ1v) is 13.1. The van der Waals surface area contributed by atoms with Gasteiger partial charge in [-0.1, -0.05) is 61.5 Å². The van der Waals surface area contributed by atoms with Crippen molar-refractivity contribution >= 4 is 22.9 Å². The number of ether oxygens (including phenoxy) is 1. The van der Waals surface area contributed by atoms with Gasteiger partial charge in [0.25, 0.3) is 0 Å². The van der Waals surface area contributed by atoms with Crippen LogP contribution in [0.5, 0.6) is 11.5 Å². The molecule has 0 aliphatic heterocycles. The number of phenols is 1. The van der Waals surface area contributed by atoms with Crippen molar-refractivity contribution in [3.8, 4) is 11.5 Å². The van der Waals surface area contributed by atoms with Crippen LogP contribution < -0.4 is 4.74 Å². The van der Waals surface area contributed by atoms with Crippen LogP contribution in [-0.4, -0.2) is 35.3 Å². The van der Waals surface area contributed by atoms with Crippen LogP contribution in [0.25, 0.3) is 11.1 Å². The Labute approximate surface area is 218 Å². The minimum absolute atomic E-state index is 0.191. The molecular weight excluding hydrogens is 507 g/mol. The summed E-state index contributed by atoms with van der Waals surface area (Å²) in [5.74, 6) is -3.13. The minimum Gasteiger partial charge on any atom is -0.508 e. The summed E-state index contributed by atoms with van der Waals surface area (Å²) in [4.78, 5) is 0. The smallest absolute Gasteiger partial charge is 0.453 e. The lowest BCUT2D eigenvalue weighted by molar-refractivity contribution is -0.284. The molecule has 37 heavy (non-hydrogen) atoms. The van der Waals surface area contributed by atoms with Gasteiger partial charge >= 0.3 is 12.1 Å². The molecule has 0 aliphatic carbocycles. The molecule has 0 spiro atoms. The van der Waals surface area contributed by atoms with Crippen LogP contribution in [0.4, 0.5) is 22.0 Å². The summed E-state index contributed by atoms with van der Waals surface area (Å²) in [7, 11) is 0. The Kier molecular flexibility index (Phi) is 10.0. The van der Waals surface area contributed by atoms with Gasteiger partial charge in [0, 0.05) is 12.2 Å². The summed E-state index contributed by atoms with van der Waals surface area (Å²) < 4.78 is 68.2. The standard InChI is InChI=1S/C29H29F5O2S/c1-2-26(21-7-4-3-5-8-21)27(22-9-13-24(35)14-10-22)23-11-15-25(16-12-23)36-18-20-37-19-6-17-28(30,31)29(32,33)34/h3-5,7-16,35H,2,6,17-20H2,1H3. The largest absolute Gasteiger partial charge is 0.508 e. The van der Waals surface area contributed by atoms with Gasteiger partial charge in [0.1, 0.15) is 11.5 Å². The van der Waals surface area contributed by atoms with Gasteiger partial charge in [-0.05, 0) is 70.7 Å². The predicted molar refractivity (Wildman–Crippen MR) is 140 cm³/mol. The number of aromatic hydroxyl groups is 1. The van der Waals surface area contributed by atoms with E-state index in [0.29, 0.717) is 18.1 Å². The number of rotatable bonds is 12. The van der Waals surface area contributed by atoms with Gasteiger partial charge in [-0.25, -0.2) is 0 Å². The molecule has 198 valence electrons. The first kappa shape index (κ1) is 28.6. The Hall–Kier alpha value is -3.00. The molecule has 3 aromatic rings. The summed E-state index contributed by atoms with van der Waals surface area (Å²) in [6, 6.07) is 24.8. The molecule has 0 amide bonds. The van der Waals surface area contributed by atoms with Crippen LogP contribution in [0.1, 0.15) is 42.9 Å². The van der Waals surface area contributed by atoms with E-state index in [-0.39, 0.29) is 17.9 Å². The van der Waals surface area contributed by atoms with Gasteiger partial charge in [0.05, 0.1) is 6.61 Å². The van der Waals surface area contributed by atoms with Crippen molar-refractivity contribution in [2.24, 2.45) is 0 Å². The van der Waals surface area contributed by atoms with Crippen molar-refractivity contribution in [3.63, 3.8) is 0 Å². The SMILES string of the molecule is CCC(=C(c1ccc(O)cc1)c1ccc(OCCSCCCC(F)(F)C(F)(F)F)cc1)c1ccccc1. The van der Waals surface area contributed by atoms with Crippen LogP contribution >= 0.6 is 11.8 Å². The highest BCUT2D eigenvalue weighted by Crippen LogP contribution is 2.39. The van der Waals surface area contributed by atoms with E-state index >= 15 is 0 Å². The van der Waals surface area contributed by atoms with Crippen LogP contribution in [0.15, 0.2) is 78.9 Å². The van der Waals surface area contributed by atoms with E-state index in [2.05, 4.69) is 19.1 Å². The maximum atomic E-state index is 12.9. The highest BCUT2D eigenvalue weighted by atomic mass is 32.2. The zero-order valence-electron chi connectivity index (χ0n) is 20.4. The molecule has 3 aromatic carbocycles. The third kappa shape index (κ3) is 7.99. The van der Waals surface area contributed by atoms with E-state index in [9.17, 15) is 27.1 Å². The molecule has 0 saturated carbocycles. The predicted octanol–water partition coefficient (Wildman–Crippen LogP) is 8.85. The van der Waals surface area contributed by atoms with Crippen LogP contribution in [0.3, 0.4) is 0 Å². The van der Waals surface area contributed by atoms with Gasteiger partial charge in [-0.3, -0.25) is 0 Å². The fourth-order valence-corrected chi connectivity index (χ4v) is 4.64. The Morgan fingerprint density at radius 1 is 0.784 bits per heavy atom. The Morgan fingerprint density at radius 3 is 1.95 bits per heavy atom. The van der Waals surface area contributed by atoms with Crippen LogP contribution in [0, 0.1) is 0 Å². The van der Waals surface area contributed by atoms with Crippen LogP contribution in [0.2, 0.25) is 0 Å². The van der Waals surface area contributed by atoms with Crippen molar-refractivity contribution in [1.29, 1.82) is 0 Å². The van der Waals surface area contributed by atoms with Gasteiger partial charge in [-0.15, -0.1) is 0 Å². The van der Waals surface area contributed by atoms with Crippen LogP contribution in [-0.2, 0) is 0 Å². The van der Waals surface area contributed by atoms with Gasteiger partial charge in [0.2, 0.25) is 0 Å². The lowest BCUT2D eigenvalue weighted by Crippen LogP contribution is -2.36. The normalized spacial score (nSPS) is 12.8. The summed E-state index contributed by atoms with van der Waals surface area (Å²) >= 11 is 1.28. The number of halogens is 5. The van der Waals surface area contributed by atoms with Crippen molar-refractivity contribution in [2.45, 2.75) is 38.3 Å². The Balaban J connectivity index is 1.64. The summed E-state index contributed by atoms with van der Waals surface area (Å²) in [5.41, 5.74) is 5.27. The summed E-state index contributed by atoms with van der Waals surface area (Å²) in [6.07, 6.45) is -6.13. The number of benzene rings is 3. The quantitative estimate of drug-likeness (QED) is 0.142. The monoisotopic (exact) mass is 536 g/mol. The zero-order valence-corrected chi connectivity index (χ0v) is 21.2. The first-order valence-electron chi connectivity index (χ1n) is 12.0. The number of hydrogen-bond donors (Lipinski definition) is 1. The second kappa shape index (κ2) is 13.0. The molecule has 8 heteroatoms.